The van der Waals surface area contributed by atoms with Gasteiger partial charge in [-0.25, -0.2) is 0 Å². The first-order chi connectivity index (χ1) is 13.1. The molecule has 0 saturated carbocycles. The molecule has 0 N–H and O–H groups in total. The van der Waals surface area contributed by atoms with Gasteiger partial charge >= 0.3 is 0 Å². The Morgan fingerprint density at radius 3 is 1.85 bits per heavy atom. The molecule has 0 atom stereocenters. The van der Waals surface area contributed by atoms with Crippen molar-refractivity contribution in [3.05, 3.63) is 36.1 Å². The van der Waals surface area contributed by atoms with E-state index in [2.05, 4.69) is 108 Å². The highest BCUT2D eigenvalue weighted by Crippen LogP contribution is 2.20. The molecule has 2 aromatic rings. The van der Waals surface area contributed by atoms with Crippen LogP contribution in [0.25, 0.3) is 11.0 Å². The summed E-state index contributed by atoms with van der Waals surface area (Å²) in [6.45, 7) is 17.5. The summed E-state index contributed by atoms with van der Waals surface area (Å²) in [5.41, 5.74) is 0.992. The van der Waals surface area contributed by atoms with Crippen molar-refractivity contribution in [3.63, 3.8) is 0 Å². The molecule has 1 heterocycles. The minimum Gasteiger partial charge on any atom is -0.460 e. The van der Waals surface area contributed by atoms with Crippen LogP contribution in [0.5, 0.6) is 0 Å². The molecule has 0 aliphatic rings. The number of fused-ring (bicyclic) bond motifs is 1. The minimum atomic E-state index is 0.906. The van der Waals surface area contributed by atoms with Crippen LogP contribution in [0.15, 0.2) is 34.7 Å². The second kappa shape index (κ2) is 18.2. The van der Waals surface area contributed by atoms with E-state index in [-0.39, 0.29) is 0 Å². The second-order valence-corrected chi connectivity index (χ2v) is 9.09. The number of furan rings is 1. The van der Waals surface area contributed by atoms with E-state index in [1.54, 1.807) is 0 Å². The lowest BCUT2D eigenvalue weighted by Gasteiger charge is -2.22. The Morgan fingerprint density at radius 2 is 1.33 bits per heavy atom. The van der Waals surface area contributed by atoms with E-state index in [1.165, 1.54) is 27.2 Å². The van der Waals surface area contributed by atoms with Crippen molar-refractivity contribution < 1.29 is 4.42 Å². The van der Waals surface area contributed by atoms with Crippen LogP contribution in [0.1, 0.15) is 46.8 Å². The molecule has 2 rings (SSSR count). The van der Waals surface area contributed by atoms with Gasteiger partial charge in [0.25, 0.3) is 0 Å². The van der Waals surface area contributed by atoms with E-state index in [0.29, 0.717) is 0 Å². The zero-order chi connectivity index (χ0) is 20.5. The average molecular weight is 600 g/mol. The van der Waals surface area contributed by atoms with Crippen molar-refractivity contribution in [1.29, 1.82) is 0 Å². The number of para-hydroxylation sites is 1. The van der Waals surface area contributed by atoms with Crippen LogP contribution in [-0.2, 0) is 6.54 Å². The monoisotopic (exact) mass is 600 g/mol. The Kier molecular flexibility index (Phi) is 18.3. The third-order valence-electron chi connectivity index (χ3n) is 4.15. The van der Waals surface area contributed by atoms with Gasteiger partial charge in [-0.15, -0.1) is 0 Å². The fraction of sp³-hybridized carbons (Fsp3) is 0.636. The SMILES string of the molecule is CCI.CCI.CCN(CC)CCCN(CC)Cc1cc2ccccc2o1. The number of benzene rings is 1. The van der Waals surface area contributed by atoms with Gasteiger partial charge in [-0.1, -0.05) is 98.0 Å². The first-order valence-electron chi connectivity index (χ1n) is 10.1. The Bertz CT molecular complexity index is 535. The van der Waals surface area contributed by atoms with Crippen molar-refractivity contribution in [2.24, 2.45) is 0 Å². The number of halogens is 2. The molecular weight excluding hydrogens is 562 g/mol. The van der Waals surface area contributed by atoms with Gasteiger partial charge in [0.1, 0.15) is 11.3 Å². The highest BCUT2D eigenvalue weighted by atomic mass is 127. The summed E-state index contributed by atoms with van der Waals surface area (Å²) in [6, 6.07) is 10.4. The fourth-order valence-corrected chi connectivity index (χ4v) is 2.74. The van der Waals surface area contributed by atoms with Crippen LogP contribution in [0.2, 0.25) is 0 Å². The number of nitrogens with zero attached hydrogens (tertiary/aromatic N) is 2. The minimum absolute atomic E-state index is 0.906. The first-order valence-corrected chi connectivity index (χ1v) is 13.2. The third-order valence-corrected chi connectivity index (χ3v) is 4.15. The molecule has 0 saturated heterocycles. The van der Waals surface area contributed by atoms with Gasteiger partial charge in [-0.2, -0.15) is 0 Å². The molecule has 0 radical (unpaired) electrons. The van der Waals surface area contributed by atoms with E-state index in [4.69, 9.17) is 4.42 Å². The molecular formula is C22H38I2N2O. The van der Waals surface area contributed by atoms with Crippen LogP contribution >= 0.6 is 45.2 Å². The predicted octanol–water partition coefficient (Wildman–Crippen LogP) is 6.87. The lowest BCUT2D eigenvalue weighted by molar-refractivity contribution is 0.227. The lowest BCUT2D eigenvalue weighted by Crippen LogP contribution is -2.29. The molecule has 27 heavy (non-hydrogen) atoms. The van der Waals surface area contributed by atoms with Gasteiger partial charge in [-0.05, 0) is 60.1 Å². The Hall–Kier alpha value is 0.140. The van der Waals surface area contributed by atoms with Crippen LogP contribution in [0.4, 0.5) is 0 Å². The standard InChI is InChI=1S/C18H28N2O.2C2H5I/c1-4-19(5-2)12-9-13-20(6-3)15-17-14-16-10-7-8-11-18(16)21-17;2*1-2-3/h7-8,10-11,14H,4-6,9,12-13,15H2,1-3H3;2*2H2,1H3. The van der Waals surface area contributed by atoms with Gasteiger partial charge in [0.2, 0.25) is 0 Å². The molecule has 3 nitrogen and oxygen atoms in total. The van der Waals surface area contributed by atoms with Gasteiger partial charge in [0.05, 0.1) is 6.54 Å². The van der Waals surface area contributed by atoms with Crippen molar-refractivity contribution in [1.82, 2.24) is 9.80 Å². The lowest BCUT2D eigenvalue weighted by atomic mass is 10.2. The summed E-state index contributed by atoms with van der Waals surface area (Å²) < 4.78 is 8.36. The number of hydrogen-bond acceptors (Lipinski definition) is 3. The van der Waals surface area contributed by atoms with Gasteiger partial charge in [-0.3, -0.25) is 4.90 Å². The van der Waals surface area contributed by atoms with Gasteiger partial charge in [0.15, 0.2) is 0 Å². The normalized spacial score (nSPS) is 10.6. The number of hydrogen-bond donors (Lipinski definition) is 0. The highest BCUT2D eigenvalue weighted by molar-refractivity contribution is 14.1. The summed E-state index contributed by atoms with van der Waals surface area (Å²) in [5.74, 6) is 1.07. The number of alkyl halides is 2. The van der Waals surface area contributed by atoms with Crippen LogP contribution < -0.4 is 0 Å². The molecule has 0 spiro atoms. The topological polar surface area (TPSA) is 19.6 Å². The molecule has 0 aliphatic carbocycles. The maximum absolute atomic E-state index is 5.92. The maximum atomic E-state index is 5.92. The van der Waals surface area contributed by atoms with Crippen LogP contribution in [0, 0.1) is 0 Å². The molecule has 1 aromatic carbocycles. The predicted molar refractivity (Wildman–Crippen MR) is 139 cm³/mol. The van der Waals surface area contributed by atoms with Crippen molar-refractivity contribution in [2.45, 2.75) is 47.6 Å². The molecule has 0 unspecified atom stereocenters. The Labute approximate surface area is 194 Å². The van der Waals surface area contributed by atoms with Gasteiger partial charge in [0, 0.05) is 5.39 Å². The molecule has 156 valence electrons. The molecule has 0 amide bonds. The zero-order valence-corrected chi connectivity index (χ0v) is 22.1. The summed E-state index contributed by atoms with van der Waals surface area (Å²) in [7, 11) is 0. The largest absolute Gasteiger partial charge is 0.460 e. The first kappa shape index (κ1) is 27.1. The molecule has 0 aliphatic heterocycles. The van der Waals surface area contributed by atoms with E-state index in [0.717, 1.165) is 44.1 Å². The van der Waals surface area contributed by atoms with E-state index in [1.807, 2.05) is 12.1 Å². The van der Waals surface area contributed by atoms with Crippen molar-refractivity contribution in [2.75, 3.05) is 41.6 Å². The quantitative estimate of drug-likeness (QED) is 0.232. The molecule has 1 aromatic heterocycles. The summed E-state index contributed by atoms with van der Waals surface area (Å²) in [5, 5.41) is 1.20. The maximum Gasteiger partial charge on any atom is 0.134 e. The van der Waals surface area contributed by atoms with Crippen LogP contribution in [-0.4, -0.2) is 51.4 Å². The average Bonchev–Trinajstić information content (AvgIpc) is 3.08. The van der Waals surface area contributed by atoms with E-state index in [9.17, 15) is 0 Å². The Morgan fingerprint density at radius 1 is 0.815 bits per heavy atom. The van der Waals surface area contributed by atoms with Gasteiger partial charge < -0.3 is 9.32 Å². The van der Waals surface area contributed by atoms with E-state index < -0.39 is 0 Å². The third kappa shape index (κ3) is 12.3. The highest BCUT2D eigenvalue weighted by Gasteiger charge is 2.09. The van der Waals surface area contributed by atoms with Crippen molar-refractivity contribution in [3.8, 4) is 0 Å². The molecule has 0 bridgehead atoms. The van der Waals surface area contributed by atoms with Crippen molar-refractivity contribution >= 4 is 56.2 Å². The summed E-state index contributed by atoms with van der Waals surface area (Å²) in [4.78, 5) is 4.94. The van der Waals surface area contributed by atoms with E-state index >= 15 is 0 Å². The number of rotatable bonds is 9. The smallest absolute Gasteiger partial charge is 0.134 e. The molecule has 0 fully saturated rings. The summed E-state index contributed by atoms with van der Waals surface area (Å²) >= 11 is 4.58. The summed E-state index contributed by atoms with van der Waals surface area (Å²) in [6.07, 6.45) is 1.22. The second-order valence-electron chi connectivity index (χ2n) is 6.03. The molecule has 5 heteroatoms. The van der Waals surface area contributed by atoms with Crippen LogP contribution in [0.3, 0.4) is 0 Å². The fourth-order valence-electron chi connectivity index (χ4n) is 2.74. The zero-order valence-electron chi connectivity index (χ0n) is 17.8. The Balaban J connectivity index is 0.000000997.